The van der Waals surface area contributed by atoms with Gasteiger partial charge in [0.15, 0.2) is 0 Å². The first kappa shape index (κ1) is 12.8. The molecule has 0 bridgehead atoms. The average molecular weight is 238 g/mol. The molecule has 0 spiro atoms. The van der Waals surface area contributed by atoms with E-state index in [4.69, 9.17) is 0 Å². The molecule has 0 aromatic heterocycles. The van der Waals surface area contributed by atoms with Gasteiger partial charge in [0.1, 0.15) is 6.29 Å². The van der Waals surface area contributed by atoms with E-state index in [0.717, 1.165) is 0 Å². The van der Waals surface area contributed by atoms with Crippen LogP contribution in [0, 0.1) is 20.2 Å². The quantitative estimate of drug-likeness (QED) is 0.424. The Bertz CT molecular complexity index is 429. The largest absolute Gasteiger partial charge is 0.303 e. The van der Waals surface area contributed by atoms with Crippen LogP contribution in [0.1, 0.15) is 17.9 Å². The number of benzene rings is 1. The summed E-state index contributed by atoms with van der Waals surface area (Å²) in [7, 11) is 0. The zero-order valence-corrected chi connectivity index (χ0v) is 8.81. The Hall–Kier alpha value is -2.31. The molecule has 0 heterocycles. The molecule has 7 heteroatoms. The molecular weight excluding hydrogens is 228 g/mol. The van der Waals surface area contributed by atoms with Crippen molar-refractivity contribution in [3.05, 3.63) is 50.1 Å². The number of nitro benzene ring substituents is 1. The summed E-state index contributed by atoms with van der Waals surface area (Å²) in [4.78, 5) is 30.2. The molecule has 1 aromatic carbocycles. The van der Waals surface area contributed by atoms with Crippen LogP contribution in [0.25, 0.3) is 0 Å². The number of non-ortho nitro benzene ring substituents is 1. The summed E-state index contributed by atoms with van der Waals surface area (Å²) in [6.07, 6.45) is 0.633. The van der Waals surface area contributed by atoms with Crippen molar-refractivity contribution in [2.24, 2.45) is 0 Å². The Morgan fingerprint density at radius 3 is 2.18 bits per heavy atom. The van der Waals surface area contributed by atoms with E-state index in [2.05, 4.69) is 0 Å². The maximum Gasteiger partial charge on any atom is 0.269 e. The molecule has 0 aliphatic carbocycles. The smallest absolute Gasteiger partial charge is 0.269 e. The van der Waals surface area contributed by atoms with Gasteiger partial charge >= 0.3 is 0 Å². The molecule has 1 aromatic rings. The number of aldehydes is 1. The molecule has 0 aliphatic rings. The molecule has 7 nitrogen and oxygen atoms in total. The van der Waals surface area contributed by atoms with Crippen LogP contribution in [0.5, 0.6) is 0 Å². The van der Waals surface area contributed by atoms with Crippen LogP contribution in [0.15, 0.2) is 24.3 Å². The van der Waals surface area contributed by atoms with Crippen molar-refractivity contribution in [1.29, 1.82) is 0 Å². The highest BCUT2D eigenvalue weighted by Crippen LogP contribution is 2.21. The van der Waals surface area contributed by atoms with E-state index in [1.54, 1.807) is 0 Å². The summed E-state index contributed by atoms with van der Waals surface area (Å²) in [6, 6.07) is 5.42. The highest BCUT2D eigenvalue weighted by Gasteiger charge is 2.18. The molecule has 0 aliphatic heterocycles. The molecule has 1 atom stereocenters. The third kappa shape index (κ3) is 3.63. The Kier molecular flexibility index (Phi) is 4.27. The molecule has 0 fully saturated rings. The Labute approximate surface area is 96.4 Å². The first-order valence-corrected chi connectivity index (χ1v) is 4.84. The topological polar surface area (TPSA) is 103 Å². The van der Waals surface area contributed by atoms with Crippen LogP contribution in [0.3, 0.4) is 0 Å². The molecule has 1 unspecified atom stereocenters. The van der Waals surface area contributed by atoms with Gasteiger partial charge in [-0.2, -0.15) is 0 Å². The van der Waals surface area contributed by atoms with Gasteiger partial charge in [0.2, 0.25) is 6.54 Å². The zero-order valence-electron chi connectivity index (χ0n) is 8.81. The lowest BCUT2D eigenvalue weighted by Crippen LogP contribution is -2.13. The van der Waals surface area contributed by atoms with Gasteiger partial charge in [-0.3, -0.25) is 20.2 Å². The third-order valence-corrected chi connectivity index (χ3v) is 2.33. The lowest BCUT2D eigenvalue weighted by Gasteiger charge is -2.09. The standard InChI is InChI=1S/C10H10N2O5/c13-6-5-9(7-11(14)15)8-1-3-10(4-2-8)12(16)17/h1-4,6,9H,5,7H2. The van der Waals surface area contributed by atoms with Gasteiger partial charge < -0.3 is 4.79 Å². The van der Waals surface area contributed by atoms with E-state index in [9.17, 15) is 25.0 Å². The minimum atomic E-state index is -0.550. The molecule has 0 radical (unpaired) electrons. The normalized spacial score (nSPS) is 11.8. The van der Waals surface area contributed by atoms with E-state index in [0.29, 0.717) is 11.8 Å². The molecule has 0 saturated carbocycles. The van der Waals surface area contributed by atoms with Crippen molar-refractivity contribution in [2.45, 2.75) is 12.3 Å². The van der Waals surface area contributed by atoms with Crippen LogP contribution in [0.2, 0.25) is 0 Å². The van der Waals surface area contributed by atoms with Crippen molar-refractivity contribution in [3.8, 4) is 0 Å². The minimum Gasteiger partial charge on any atom is -0.303 e. The van der Waals surface area contributed by atoms with Crippen LogP contribution in [-0.2, 0) is 4.79 Å². The van der Waals surface area contributed by atoms with Crippen LogP contribution in [0.4, 0.5) is 5.69 Å². The van der Waals surface area contributed by atoms with Gasteiger partial charge in [-0.15, -0.1) is 0 Å². The number of carbonyl (C=O) groups excluding carboxylic acids is 1. The van der Waals surface area contributed by atoms with Crippen LogP contribution in [-0.4, -0.2) is 22.7 Å². The monoisotopic (exact) mass is 238 g/mol. The summed E-state index contributed by atoms with van der Waals surface area (Å²) >= 11 is 0. The fourth-order valence-corrected chi connectivity index (χ4v) is 1.48. The molecule has 90 valence electrons. The van der Waals surface area contributed by atoms with E-state index in [1.807, 2.05) is 0 Å². The van der Waals surface area contributed by atoms with E-state index < -0.39 is 15.8 Å². The molecule has 0 saturated heterocycles. The highest BCUT2D eigenvalue weighted by molar-refractivity contribution is 5.52. The maximum absolute atomic E-state index is 10.4. The molecular formula is C10H10N2O5. The van der Waals surface area contributed by atoms with Gasteiger partial charge in [0.25, 0.3) is 5.69 Å². The van der Waals surface area contributed by atoms with E-state index in [1.165, 1.54) is 24.3 Å². The number of nitro groups is 2. The van der Waals surface area contributed by atoms with Gasteiger partial charge in [-0.1, -0.05) is 12.1 Å². The van der Waals surface area contributed by atoms with Gasteiger partial charge in [0, 0.05) is 23.5 Å². The molecule has 0 N–H and O–H groups in total. The van der Waals surface area contributed by atoms with Gasteiger partial charge in [-0.25, -0.2) is 0 Å². The number of rotatable bonds is 6. The number of hydrogen-bond donors (Lipinski definition) is 0. The zero-order chi connectivity index (χ0) is 12.8. The SMILES string of the molecule is O=CCC(C[N+](=O)[O-])c1ccc([N+](=O)[O-])cc1. The van der Waals surface area contributed by atoms with Crippen LogP contribution < -0.4 is 0 Å². The molecule has 1 rings (SSSR count). The Balaban J connectivity index is 2.90. The summed E-state index contributed by atoms with van der Waals surface area (Å²) in [5.74, 6) is -0.539. The van der Waals surface area contributed by atoms with Crippen molar-refractivity contribution in [3.63, 3.8) is 0 Å². The number of hydrogen-bond acceptors (Lipinski definition) is 5. The van der Waals surface area contributed by atoms with Crippen molar-refractivity contribution < 1.29 is 14.6 Å². The highest BCUT2D eigenvalue weighted by atomic mass is 16.6. The first-order chi connectivity index (χ1) is 8.04. The maximum atomic E-state index is 10.4. The van der Waals surface area contributed by atoms with Gasteiger partial charge in [-0.05, 0) is 5.56 Å². The summed E-state index contributed by atoms with van der Waals surface area (Å²) < 4.78 is 0. The molecule has 17 heavy (non-hydrogen) atoms. The summed E-state index contributed by atoms with van der Waals surface area (Å²) in [5, 5.41) is 20.8. The predicted octanol–water partition coefficient (Wildman–Crippen LogP) is 1.54. The predicted molar refractivity (Wildman–Crippen MR) is 58.4 cm³/mol. The lowest BCUT2D eigenvalue weighted by molar-refractivity contribution is -0.483. The first-order valence-electron chi connectivity index (χ1n) is 4.84. The van der Waals surface area contributed by atoms with Gasteiger partial charge in [0.05, 0.1) is 10.8 Å². The van der Waals surface area contributed by atoms with E-state index >= 15 is 0 Å². The lowest BCUT2D eigenvalue weighted by atomic mass is 9.96. The van der Waals surface area contributed by atoms with Crippen molar-refractivity contribution in [1.82, 2.24) is 0 Å². The fraction of sp³-hybridized carbons (Fsp3) is 0.300. The second-order valence-corrected chi connectivity index (χ2v) is 3.46. The summed E-state index contributed by atoms with van der Waals surface area (Å²) in [5.41, 5.74) is 0.471. The second kappa shape index (κ2) is 5.69. The van der Waals surface area contributed by atoms with Crippen molar-refractivity contribution in [2.75, 3.05) is 6.54 Å². The number of nitrogens with zero attached hydrogens (tertiary/aromatic N) is 2. The Morgan fingerprint density at radius 2 is 1.76 bits per heavy atom. The minimum absolute atomic E-state index is 0.0266. The van der Waals surface area contributed by atoms with Crippen LogP contribution >= 0.6 is 0 Å². The third-order valence-electron chi connectivity index (χ3n) is 2.33. The molecule has 0 amide bonds. The van der Waals surface area contributed by atoms with E-state index in [-0.39, 0.29) is 18.7 Å². The summed E-state index contributed by atoms with van der Waals surface area (Å²) in [6.45, 7) is -0.365. The number of carbonyl (C=O) groups is 1. The second-order valence-electron chi connectivity index (χ2n) is 3.46. The van der Waals surface area contributed by atoms with Crippen molar-refractivity contribution >= 4 is 12.0 Å². The average Bonchev–Trinajstić information content (AvgIpc) is 2.28. The fourth-order valence-electron chi connectivity index (χ4n) is 1.48. The Morgan fingerprint density at radius 1 is 1.18 bits per heavy atom.